The molecule has 0 aromatic heterocycles. The lowest BCUT2D eigenvalue weighted by Gasteiger charge is -2.11. The normalized spacial score (nSPS) is 10.2. The van der Waals surface area contributed by atoms with Gasteiger partial charge < -0.3 is 14.2 Å². The number of carbonyl (C=O) groups is 1. The maximum absolute atomic E-state index is 12.4. The maximum Gasteiger partial charge on any atom is 0.174 e. The van der Waals surface area contributed by atoms with Crippen LogP contribution in [0.2, 0.25) is 0 Å². The van der Waals surface area contributed by atoms with Crippen LogP contribution in [0.4, 0.5) is 0 Å². The minimum Gasteiger partial charge on any atom is -0.497 e. The predicted molar refractivity (Wildman–Crippen MR) is 88.3 cm³/mol. The van der Waals surface area contributed by atoms with Crippen molar-refractivity contribution in [2.75, 3.05) is 21.3 Å². The molecule has 0 radical (unpaired) electrons. The summed E-state index contributed by atoms with van der Waals surface area (Å²) in [5.41, 5.74) is 1.50. The number of Topliss-reactive ketones (excluding diaryl/α,β-unsaturated/α-hetero) is 1. The van der Waals surface area contributed by atoms with E-state index in [4.69, 9.17) is 14.2 Å². The summed E-state index contributed by atoms with van der Waals surface area (Å²) in [5, 5.41) is 0. The van der Waals surface area contributed by atoms with Gasteiger partial charge in [-0.05, 0) is 45.8 Å². The summed E-state index contributed by atoms with van der Waals surface area (Å²) >= 11 is 3.40. The van der Waals surface area contributed by atoms with E-state index >= 15 is 0 Å². The number of carbonyl (C=O) groups excluding carboxylic acids is 1. The first-order chi connectivity index (χ1) is 10.6. The second-order valence-electron chi connectivity index (χ2n) is 4.64. The van der Waals surface area contributed by atoms with Crippen molar-refractivity contribution in [2.24, 2.45) is 0 Å². The van der Waals surface area contributed by atoms with Crippen LogP contribution >= 0.6 is 15.9 Å². The van der Waals surface area contributed by atoms with Gasteiger partial charge in [0.15, 0.2) is 17.3 Å². The summed E-state index contributed by atoms with van der Waals surface area (Å²) in [7, 11) is 4.71. The van der Waals surface area contributed by atoms with Crippen LogP contribution in [0.15, 0.2) is 40.9 Å². The van der Waals surface area contributed by atoms with Crippen LogP contribution in [-0.4, -0.2) is 27.1 Å². The molecule has 0 saturated carbocycles. The van der Waals surface area contributed by atoms with E-state index in [1.54, 1.807) is 33.5 Å². The van der Waals surface area contributed by atoms with Gasteiger partial charge >= 0.3 is 0 Å². The molecule has 2 rings (SSSR count). The Morgan fingerprint density at radius 3 is 2.23 bits per heavy atom. The highest BCUT2D eigenvalue weighted by molar-refractivity contribution is 9.10. The average Bonchev–Trinajstić information content (AvgIpc) is 2.54. The van der Waals surface area contributed by atoms with Gasteiger partial charge in [0.2, 0.25) is 0 Å². The second kappa shape index (κ2) is 7.31. The summed E-state index contributed by atoms with van der Waals surface area (Å²) in [6, 6.07) is 10.9. The molecule has 0 saturated heterocycles. The van der Waals surface area contributed by atoms with Crippen LogP contribution in [-0.2, 0) is 6.42 Å². The molecule has 0 fully saturated rings. The van der Waals surface area contributed by atoms with Crippen LogP contribution in [0, 0.1) is 0 Å². The molecule has 0 aliphatic heterocycles. The first kappa shape index (κ1) is 16.4. The van der Waals surface area contributed by atoms with Crippen LogP contribution in [0.3, 0.4) is 0 Å². The van der Waals surface area contributed by atoms with Crippen LogP contribution in [0.1, 0.15) is 15.9 Å². The fraction of sp³-hybridized carbons (Fsp3) is 0.235. The van der Waals surface area contributed by atoms with Crippen molar-refractivity contribution in [3.05, 3.63) is 52.0 Å². The van der Waals surface area contributed by atoms with Gasteiger partial charge in [-0.1, -0.05) is 12.1 Å². The van der Waals surface area contributed by atoms with Gasteiger partial charge in [0.05, 0.1) is 25.8 Å². The Hall–Kier alpha value is -2.01. The van der Waals surface area contributed by atoms with Gasteiger partial charge in [-0.3, -0.25) is 4.79 Å². The number of ether oxygens (including phenoxy) is 3. The zero-order valence-corrected chi connectivity index (χ0v) is 14.3. The van der Waals surface area contributed by atoms with Gasteiger partial charge in [-0.15, -0.1) is 0 Å². The molecule has 0 aliphatic carbocycles. The smallest absolute Gasteiger partial charge is 0.174 e. The average molecular weight is 365 g/mol. The Morgan fingerprint density at radius 1 is 1.00 bits per heavy atom. The van der Waals surface area contributed by atoms with E-state index in [9.17, 15) is 4.79 Å². The Kier molecular flexibility index (Phi) is 5.44. The molecule has 22 heavy (non-hydrogen) atoms. The predicted octanol–water partition coefficient (Wildman–Crippen LogP) is 3.90. The molecule has 0 N–H and O–H groups in total. The van der Waals surface area contributed by atoms with E-state index < -0.39 is 0 Å². The van der Waals surface area contributed by atoms with E-state index in [2.05, 4.69) is 15.9 Å². The van der Waals surface area contributed by atoms with Crippen molar-refractivity contribution in [1.82, 2.24) is 0 Å². The molecule has 2 aromatic carbocycles. The van der Waals surface area contributed by atoms with E-state index in [1.807, 2.05) is 24.3 Å². The minimum atomic E-state index is 0.00631. The molecule has 0 spiro atoms. The lowest BCUT2D eigenvalue weighted by atomic mass is 10.0. The molecule has 4 nitrogen and oxygen atoms in total. The zero-order valence-electron chi connectivity index (χ0n) is 12.7. The number of benzene rings is 2. The Labute approximate surface area is 138 Å². The van der Waals surface area contributed by atoms with Crippen molar-refractivity contribution < 1.29 is 19.0 Å². The number of ketones is 1. The van der Waals surface area contributed by atoms with Crippen molar-refractivity contribution in [2.45, 2.75) is 6.42 Å². The van der Waals surface area contributed by atoms with Gasteiger partial charge in [-0.25, -0.2) is 0 Å². The first-order valence-corrected chi connectivity index (χ1v) is 7.46. The van der Waals surface area contributed by atoms with Crippen molar-refractivity contribution >= 4 is 21.7 Å². The minimum absolute atomic E-state index is 0.00631. The standard InChI is InChI=1S/C17H17BrO4/c1-20-13-6-4-11(5-7-13)8-15(19)12-9-14(18)17(22-3)16(10-12)21-2/h4-7,9-10H,8H2,1-3H3. The largest absolute Gasteiger partial charge is 0.497 e. The summed E-state index contributed by atoms with van der Waals surface area (Å²) in [5.74, 6) is 1.87. The highest BCUT2D eigenvalue weighted by Gasteiger charge is 2.15. The van der Waals surface area contributed by atoms with Crippen LogP contribution in [0.5, 0.6) is 17.2 Å². The van der Waals surface area contributed by atoms with Gasteiger partial charge in [0, 0.05) is 12.0 Å². The number of halogens is 1. The first-order valence-electron chi connectivity index (χ1n) is 6.66. The molecule has 0 unspecified atom stereocenters. The zero-order chi connectivity index (χ0) is 16.1. The molecule has 5 heteroatoms. The summed E-state index contributed by atoms with van der Waals surface area (Å²) < 4.78 is 16.3. The fourth-order valence-corrected chi connectivity index (χ4v) is 2.71. The molecule has 2 aromatic rings. The summed E-state index contributed by atoms with van der Waals surface area (Å²) in [4.78, 5) is 12.4. The molecular weight excluding hydrogens is 348 g/mol. The number of hydrogen-bond acceptors (Lipinski definition) is 4. The lowest BCUT2D eigenvalue weighted by Crippen LogP contribution is -2.05. The van der Waals surface area contributed by atoms with E-state index in [0.29, 0.717) is 28.0 Å². The third-order valence-corrected chi connectivity index (χ3v) is 3.87. The Bertz CT molecular complexity index is 665. The quantitative estimate of drug-likeness (QED) is 0.729. The van der Waals surface area contributed by atoms with Crippen molar-refractivity contribution in [1.29, 1.82) is 0 Å². The molecule has 0 heterocycles. The Balaban J connectivity index is 2.23. The van der Waals surface area contributed by atoms with Crippen molar-refractivity contribution in [3.63, 3.8) is 0 Å². The number of hydrogen-bond donors (Lipinski definition) is 0. The molecule has 0 amide bonds. The molecule has 0 bridgehead atoms. The third-order valence-electron chi connectivity index (χ3n) is 3.28. The number of rotatable bonds is 6. The van der Waals surface area contributed by atoms with E-state index in [0.717, 1.165) is 11.3 Å². The van der Waals surface area contributed by atoms with Crippen LogP contribution in [0.25, 0.3) is 0 Å². The molecule has 0 atom stereocenters. The second-order valence-corrected chi connectivity index (χ2v) is 5.50. The molecule has 116 valence electrons. The monoisotopic (exact) mass is 364 g/mol. The topological polar surface area (TPSA) is 44.8 Å². The van der Waals surface area contributed by atoms with Gasteiger partial charge in [0.1, 0.15) is 5.75 Å². The summed E-state index contributed by atoms with van der Waals surface area (Å²) in [6.45, 7) is 0. The SMILES string of the molecule is COc1ccc(CC(=O)c2cc(Br)c(OC)c(OC)c2)cc1. The number of methoxy groups -OCH3 is 3. The fourth-order valence-electron chi connectivity index (χ4n) is 2.11. The van der Waals surface area contributed by atoms with Crippen LogP contribution < -0.4 is 14.2 Å². The van der Waals surface area contributed by atoms with Gasteiger partial charge in [0.25, 0.3) is 0 Å². The Morgan fingerprint density at radius 2 is 1.68 bits per heavy atom. The molecular formula is C17H17BrO4. The van der Waals surface area contributed by atoms with Gasteiger partial charge in [-0.2, -0.15) is 0 Å². The highest BCUT2D eigenvalue weighted by Crippen LogP contribution is 2.36. The third kappa shape index (κ3) is 3.60. The van der Waals surface area contributed by atoms with E-state index in [-0.39, 0.29) is 5.78 Å². The van der Waals surface area contributed by atoms with Crippen molar-refractivity contribution in [3.8, 4) is 17.2 Å². The maximum atomic E-state index is 12.4. The lowest BCUT2D eigenvalue weighted by molar-refractivity contribution is 0.0992. The summed E-state index contributed by atoms with van der Waals surface area (Å²) in [6.07, 6.45) is 0.311. The molecule has 0 aliphatic rings. The highest BCUT2D eigenvalue weighted by atomic mass is 79.9. The van der Waals surface area contributed by atoms with E-state index in [1.165, 1.54) is 0 Å².